The van der Waals surface area contributed by atoms with Crippen LogP contribution in [0.1, 0.15) is 24.8 Å². The third kappa shape index (κ3) is 2.09. The Bertz CT molecular complexity index is 515. The van der Waals surface area contributed by atoms with Gasteiger partial charge in [-0.3, -0.25) is 0 Å². The first-order valence-electron chi connectivity index (χ1n) is 6.08. The van der Waals surface area contributed by atoms with E-state index in [1.54, 1.807) is 7.11 Å². The van der Waals surface area contributed by atoms with Crippen molar-refractivity contribution >= 4 is 0 Å². The van der Waals surface area contributed by atoms with E-state index in [-0.39, 0.29) is 6.04 Å². The van der Waals surface area contributed by atoms with E-state index in [0.29, 0.717) is 11.7 Å². The minimum atomic E-state index is 0.212. The van der Waals surface area contributed by atoms with E-state index in [0.717, 1.165) is 30.7 Å². The van der Waals surface area contributed by atoms with Crippen molar-refractivity contribution in [3.05, 3.63) is 30.2 Å². The fraction of sp³-hybridized carbons (Fsp3) is 0.385. The van der Waals surface area contributed by atoms with Crippen LogP contribution in [0.3, 0.4) is 0 Å². The van der Waals surface area contributed by atoms with Gasteiger partial charge in [-0.2, -0.15) is 4.98 Å². The number of aromatic nitrogens is 2. The zero-order chi connectivity index (χ0) is 12.4. The van der Waals surface area contributed by atoms with E-state index in [2.05, 4.69) is 15.5 Å². The normalized spacial score (nSPS) is 19.1. The number of methoxy groups -OCH3 is 1. The summed E-state index contributed by atoms with van der Waals surface area (Å²) in [6, 6.07) is 7.84. The Morgan fingerprint density at radius 2 is 2.17 bits per heavy atom. The van der Waals surface area contributed by atoms with Gasteiger partial charge in [-0.1, -0.05) is 5.16 Å². The molecule has 1 aromatic heterocycles. The van der Waals surface area contributed by atoms with Crippen molar-refractivity contribution in [1.82, 2.24) is 15.5 Å². The topological polar surface area (TPSA) is 60.2 Å². The molecule has 94 valence electrons. The Hall–Kier alpha value is -1.88. The molecule has 0 bridgehead atoms. The maximum absolute atomic E-state index is 5.30. The van der Waals surface area contributed by atoms with E-state index < -0.39 is 0 Å². The zero-order valence-electron chi connectivity index (χ0n) is 10.2. The molecule has 5 heteroatoms. The molecule has 18 heavy (non-hydrogen) atoms. The minimum absolute atomic E-state index is 0.212. The van der Waals surface area contributed by atoms with E-state index in [1.165, 1.54) is 0 Å². The lowest BCUT2D eigenvalue weighted by atomic mass is 10.2. The number of benzene rings is 1. The van der Waals surface area contributed by atoms with Crippen molar-refractivity contribution in [3.8, 4) is 17.1 Å². The third-order valence-electron chi connectivity index (χ3n) is 3.15. The molecule has 0 spiro atoms. The summed E-state index contributed by atoms with van der Waals surface area (Å²) in [5, 5.41) is 7.36. The highest BCUT2D eigenvalue weighted by atomic mass is 16.5. The average molecular weight is 245 g/mol. The summed E-state index contributed by atoms with van der Waals surface area (Å²) in [5.74, 6) is 2.12. The van der Waals surface area contributed by atoms with Crippen LogP contribution in [0, 0.1) is 0 Å². The van der Waals surface area contributed by atoms with Crippen molar-refractivity contribution in [3.63, 3.8) is 0 Å². The van der Waals surface area contributed by atoms with E-state index in [1.807, 2.05) is 24.3 Å². The first-order valence-corrected chi connectivity index (χ1v) is 6.08. The first kappa shape index (κ1) is 11.2. The van der Waals surface area contributed by atoms with Crippen LogP contribution in [-0.2, 0) is 0 Å². The smallest absolute Gasteiger partial charge is 0.244 e. The Morgan fingerprint density at radius 3 is 2.83 bits per heavy atom. The zero-order valence-corrected chi connectivity index (χ0v) is 10.2. The summed E-state index contributed by atoms with van der Waals surface area (Å²) in [6.45, 7) is 1.02. The van der Waals surface area contributed by atoms with E-state index in [4.69, 9.17) is 9.26 Å². The molecule has 1 N–H and O–H groups in total. The second-order valence-electron chi connectivity index (χ2n) is 4.33. The van der Waals surface area contributed by atoms with Crippen LogP contribution in [-0.4, -0.2) is 23.8 Å². The van der Waals surface area contributed by atoms with Gasteiger partial charge in [0.15, 0.2) is 0 Å². The molecule has 3 rings (SSSR count). The lowest BCUT2D eigenvalue weighted by Gasteiger charge is -2.01. The predicted molar refractivity (Wildman–Crippen MR) is 66.3 cm³/mol. The van der Waals surface area contributed by atoms with Crippen molar-refractivity contribution in [2.45, 2.75) is 18.9 Å². The molecule has 2 heterocycles. The number of hydrogen-bond acceptors (Lipinski definition) is 5. The van der Waals surface area contributed by atoms with Crippen LogP contribution < -0.4 is 10.1 Å². The molecule has 0 amide bonds. The monoisotopic (exact) mass is 245 g/mol. The highest BCUT2D eigenvalue weighted by Crippen LogP contribution is 2.25. The Balaban J connectivity index is 1.82. The molecule has 1 aliphatic rings. The largest absolute Gasteiger partial charge is 0.497 e. The molecule has 0 aliphatic carbocycles. The fourth-order valence-electron chi connectivity index (χ4n) is 2.13. The minimum Gasteiger partial charge on any atom is -0.497 e. The molecule has 0 unspecified atom stereocenters. The summed E-state index contributed by atoms with van der Waals surface area (Å²) in [6.07, 6.45) is 2.22. The van der Waals surface area contributed by atoms with Crippen molar-refractivity contribution in [2.75, 3.05) is 13.7 Å². The van der Waals surface area contributed by atoms with Crippen LogP contribution in [0.25, 0.3) is 11.4 Å². The highest BCUT2D eigenvalue weighted by Gasteiger charge is 2.22. The SMILES string of the molecule is COc1ccc(-c2noc([C@H]3CCCN3)n2)cc1. The summed E-state index contributed by atoms with van der Waals surface area (Å²) < 4.78 is 10.4. The van der Waals surface area contributed by atoms with Crippen molar-refractivity contribution in [2.24, 2.45) is 0 Å². The Kier molecular flexibility index (Phi) is 2.98. The van der Waals surface area contributed by atoms with Crippen LogP contribution in [0.2, 0.25) is 0 Å². The van der Waals surface area contributed by atoms with E-state index in [9.17, 15) is 0 Å². The molecular formula is C13H15N3O2. The van der Waals surface area contributed by atoms with Crippen LogP contribution in [0.15, 0.2) is 28.8 Å². The molecule has 0 radical (unpaired) electrons. The molecule has 1 fully saturated rings. The molecular weight excluding hydrogens is 230 g/mol. The Morgan fingerprint density at radius 1 is 1.33 bits per heavy atom. The fourth-order valence-corrected chi connectivity index (χ4v) is 2.13. The van der Waals surface area contributed by atoms with Crippen molar-refractivity contribution in [1.29, 1.82) is 0 Å². The molecule has 1 aliphatic heterocycles. The molecule has 0 saturated carbocycles. The molecule has 2 aromatic rings. The average Bonchev–Trinajstić information content (AvgIpc) is 3.09. The number of hydrogen-bond donors (Lipinski definition) is 1. The van der Waals surface area contributed by atoms with Crippen molar-refractivity contribution < 1.29 is 9.26 Å². The summed E-state index contributed by atoms with van der Waals surface area (Å²) >= 11 is 0. The number of nitrogens with one attached hydrogen (secondary N) is 1. The summed E-state index contributed by atoms with van der Waals surface area (Å²) in [7, 11) is 1.65. The lowest BCUT2D eigenvalue weighted by Crippen LogP contribution is -2.12. The second kappa shape index (κ2) is 4.78. The van der Waals surface area contributed by atoms with Gasteiger partial charge in [0, 0.05) is 5.56 Å². The number of nitrogens with zero attached hydrogens (tertiary/aromatic N) is 2. The third-order valence-corrected chi connectivity index (χ3v) is 3.15. The lowest BCUT2D eigenvalue weighted by molar-refractivity contribution is 0.345. The molecule has 1 aromatic carbocycles. The maximum atomic E-state index is 5.30. The maximum Gasteiger partial charge on any atom is 0.244 e. The van der Waals surface area contributed by atoms with Gasteiger partial charge in [0.2, 0.25) is 11.7 Å². The van der Waals surface area contributed by atoms with Gasteiger partial charge in [0.1, 0.15) is 5.75 Å². The van der Waals surface area contributed by atoms with Gasteiger partial charge < -0.3 is 14.6 Å². The van der Waals surface area contributed by atoms with Gasteiger partial charge in [-0.25, -0.2) is 0 Å². The summed E-state index contributed by atoms with van der Waals surface area (Å²) in [4.78, 5) is 4.44. The first-order chi connectivity index (χ1) is 8.86. The highest BCUT2D eigenvalue weighted by molar-refractivity contribution is 5.55. The Labute approximate surface area is 105 Å². The van der Waals surface area contributed by atoms with Crippen LogP contribution >= 0.6 is 0 Å². The quantitative estimate of drug-likeness (QED) is 0.898. The summed E-state index contributed by atoms with van der Waals surface area (Å²) in [5.41, 5.74) is 0.934. The van der Waals surface area contributed by atoms with E-state index >= 15 is 0 Å². The van der Waals surface area contributed by atoms with Gasteiger partial charge in [-0.05, 0) is 43.7 Å². The van der Waals surface area contributed by atoms with Gasteiger partial charge in [0.05, 0.1) is 13.2 Å². The van der Waals surface area contributed by atoms with Gasteiger partial charge in [-0.15, -0.1) is 0 Å². The molecule has 1 saturated heterocycles. The van der Waals surface area contributed by atoms with Gasteiger partial charge >= 0.3 is 0 Å². The van der Waals surface area contributed by atoms with Crippen LogP contribution in [0.4, 0.5) is 0 Å². The predicted octanol–water partition coefficient (Wildman–Crippen LogP) is 2.17. The molecule has 5 nitrogen and oxygen atoms in total. The van der Waals surface area contributed by atoms with Gasteiger partial charge in [0.25, 0.3) is 0 Å². The number of ether oxygens (including phenoxy) is 1. The molecule has 1 atom stereocenters. The second-order valence-corrected chi connectivity index (χ2v) is 4.33. The van der Waals surface area contributed by atoms with Crippen LogP contribution in [0.5, 0.6) is 5.75 Å². The number of rotatable bonds is 3. The standard InChI is InChI=1S/C13H15N3O2/c1-17-10-6-4-9(5-7-10)12-15-13(18-16-12)11-3-2-8-14-11/h4-7,11,14H,2-3,8H2,1H3/t11-/m1/s1.